The van der Waals surface area contributed by atoms with E-state index in [1.54, 1.807) is 0 Å². The Morgan fingerprint density at radius 1 is 1.00 bits per heavy atom. The van der Waals surface area contributed by atoms with Crippen LogP contribution >= 0.6 is 0 Å². The topological polar surface area (TPSA) is 66.6 Å². The molecule has 2 N–H and O–H groups in total. The van der Waals surface area contributed by atoms with Crippen LogP contribution in [0.3, 0.4) is 0 Å². The van der Waals surface area contributed by atoms with Crippen LogP contribution in [0.4, 0.5) is 0 Å². The van der Waals surface area contributed by atoms with Gasteiger partial charge >= 0.3 is 0 Å². The molecular weight excluding hydrogens is 226 g/mol. The van der Waals surface area contributed by atoms with Crippen molar-refractivity contribution in [2.75, 3.05) is 32.7 Å². The lowest BCUT2D eigenvalue weighted by molar-refractivity contribution is 0.345. The van der Waals surface area contributed by atoms with Crippen LogP contribution in [0.15, 0.2) is 0 Å². The minimum Gasteiger partial charge on any atom is -0.330 e. The third-order valence-corrected chi connectivity index (χ3v) is 4.63. The van der Waals surface area contributed by atoms with Crippen LogP contribution in [-0.2, 0) is 10.2 Å². The Morgan fingerprint density at radius 2 is 1.56 bits per heavy atom. The van der Waals surface area contributed by atoms with Gasteiger partial charge in [-0.3, -0.25) is 0 Å². The minimum atomic E-state index is -3.29. The van der Waals surface area contributed by atoms with Crippen molar-refractivity contribution < 1.29 is 8.42 Å². The molecule has 98 valence electrons. The molecule has 0 spiro atoms. The lowest BCUT2D eigenvalue weighted by Gasteiger charge is -2.28. The molecule has 0 amide bonds. The van der Waals surface area contributed by atoms with Crippen molar-refractivity contribution in [2.24, 2.45) is 5.73 Å². The van der Waals surface area contributed by atoms with Gasteiger partial charge in [-0.1, -0.05) is 20.8 Å². The van der Waals surface area contributed by atoms with E-state index in [1.807, 2.05) is 20.8 Å². The molecule has 0 aliphatic rings. The third-order valence-electron chi connectivity index (χ3n) is 2.44. The smallest absolute Gasteiger partial charge is 0.281 e. The standard InChI is InChI=1S/C10H25N3O2S/c1-4-9-13(10-7-8-11)16(14,15)12(5-2)6-3/h4-11H2,1-3H3. The molecule has 0 aliphatic heterocycles. The van der Waals surface area contributed by atoms with Gasteiger partial charge in [-0.2, -0.15) is 17.0 Å². The van der Waals surface area contributed by atoms with Crippen molar-refractivity contribution in [2.45, 2.75) is 33.6 Å². The summed E-state index contributed by atoms with van der Waals surface area (Å²) in [7, 11) is -3.29. The fourth-order valence-corrected chi connectivity index (χ4v) is 3.33. The highest BCUT2D eigenvalue weighted by Gasteiger charge is 2.26. The zero-order chi connectivity index (χ0) is 12.6. The molecule has 0 aromatic rings. The summed E-state index contributed by atoms with van der Waals surface area (Å²) in [5, 5.41) is 0. The highest BCUT2D eigenvalue weighted by molar-refractivity contribution is 7.86. The number of hydrogen-bond acceptors (Lipinski definition) is 3. The van der Waals surface area contributed by atoms with Crippen LogP contribution in [0, 0.1) is 0 Å². The second-order valence-corrected chi connectivity index (χ2v) is 5.56. The molecule has 6 heteroatoms. The second-order valence-electron chi connectivity index (χ2n) is 3.63. The third kappa shape index (κ3) is 4.37. The molecule has 0 rings (SSSR count). The number of rotatable bonds is 9. The van der Waals surface area contributed by atoms with E-state index >= 15 is 0 Å². The molecule has 0 aromatic carbocycles. The fraction of sp³-hybridized carbons (Fsp3) is 1.00. The summed E-state index contributed by atoms with van der Waals surface area (Å²) in [4.78, 5) is 0. The minimum absolute atomic E-state index is 0.516. The van der Waals surface area contributed by atoms with Crippen LogP contribution in [0.2, 0.25) is 0 Å². The van der Waals surface area contributed by atoms with E-state index in [4.69, 9.17) is 5.73 Å². The molecule has 5 nitrogen and oxygen atoms in total. The van der Waals surface area contributed by atoms with E-state index in [0.29, 0.717) is 39.1 Å². The normalized spacial score (nSPS) is 12.6. The van der Waals surface area contributed by atoms with Gasteiger partial charge in [-0.05, 0) is 19.4 Å². The van der Waals surface area contributed by atoms with Crippen LogP contribution < -0.4 is 5.73 Å². The molecule has 0 bridgehead atoms. The molecule has 0 saturated carbocycles. The lowest BCUT2D eigenvalue weighted by Crippen LogP contribution is -2.44. The second kappa shape index (κ2) is 8.00. The summed E-state index contributed by atoms with van der Waals surface area (Å²) < 4.78 is 27.4. The Hall–Kier alpha value is -0.170. The molecule has 0 radical (unpaired) electrons. The van der Waals surface area contributed by atoms with Crippen molar-refractivity contribution in [3.63, 3.8) is 0 Å². The Balaban J connectivity index is 4.72. The largest absolute Gasteiger partial charge is 0.330 e. The highest BCUT2D eigenvalue weighted by Crippen LogP contribution is 2.09. The van der Waals surface area contributed by atoms with Crippen molar-refractivity contribution in [3.05, 3.63) is 0 Å². The first-order chi connectivity index (χ1) is 7.54. The van der Waals surface area contributed by atoms with Crippen molar-refractivity contribution in [1.29, 1.82) is 0 Å². The highest BCUT2D eigenvalue weighted by atomic mass is 32.2. The quantitative estimate of drug-likeness (QED) is 0.654. The molecule has 0 saturated heterocycles. The van der Waals surface area contributed by atoms with E-state index in [2.05, 4.69) is 0 Å². The fourth-order valence-electron chi connectivity index (χ4n) is 1.57. The van der Waals surface area contributed by atoms with Crippen molar-refractivity contribution in [1.82, 2.24) is 8.61 Å². The number of nitrogens with two attached hydrogens (primary N) is 1. The Bertz CT molecular complexity index is 263. The van der Waals surface area contributed by atoms with Gasteiger partial charge in [0.1, 0.15) is 0 Å². The Labute approximate surface area is 99.8 Å². The summed E-state index contributed by atoms with van der Waals surface area (Å²) in [5.74, 6) is 0. The summed E-state index contributed by atoms with van der Waals surface area (Å²) in [5.41, 5.74) is 5.42. The summed E-state index contributed by atoms with van der Waals surface area (Å²) >= 11 is 0. The Kier molecular flexibility index (Phi) is 7.91. The maximum Gasteiger partial charge on any atom is 0.281 e. The number of hydrogen-bond donors (Lipinski definition) is 1. The summed E-state index contributed by atoms with van der Waals surface area (Å²) in [6.07, 6.45) is 1.53. The number of nitrogens with zero attached hydrogens (tertiary/aromatic N) is 2. The van der Waals surface area contributed by atoms with Gasteiger partial charge < -0.3 is 5.73 Å². The van der Waals surface area contributed by atoms with E-state index in [1.165, 1.54) is 8.61 Å². The van der Waals surface area contributed by atoms with Gasteiger partial charge in [0, 0.05) is 26.2 Å². The average Bonchev–Trinajstić information content (AvgIpc) is 2.25. The molecule has 0 atom stereocenters. The predicted octanol–water partition coefficient (Wildman–Crippen LogP) is 0.634. The Morgan fingerprint density at radius 3 is 1.94 bits per heavy atom. The molecule has 16 heavy (non-hydrogen) atoms. The molecule has 0 heterocycles. The van der Waals surface area contributed by atoms with E-state index in [9.17, 15) is 8.42 Å². The van der Waals surface area contributed by atoms with Gasteiger partial charge in [0.15, 0.2) is 0 Å². The molecular formula is C10H25N3O2S. The lowest BCUT2D eigenvalue weighted by atomic mass is 10.4. The summed E-state index contributed by atoms with van der Waals surface area (Å²) in [6, 6.07) is 0. The molecule has 0 aliphatic carbocycles. The first-order valence-electron chi connectivity index (χ1n) is 5.99. The van der Waals surface area contributed by atoms with E-state index < -0.39 is 10.2 Å². The van der Waals surface area contributed by atoms with Gasteiger partial charge in [0.05, 0.1) is 0 Å². The van der Waals surface area contributed by atoms with Crippen LogP contribution in [-0.4, -0.2) is 49.8 Å². The predicted molar refractivity (Wildman–Crippen MR) is 67.4 cm³/mol. The first kappa shape index (κ1) is 15.8. The molecule has 0 fully saturated rings. The van der Waals surface area contributed by atoms with Crippen molar-refractivity contribution in [3.8, 4) is 0 Å². The van der Waals surface area contributed by atoms with Crippen LogP contribution in [0.5, 0.6) is 0 Å². The summed E-state index contributed by atoms with van der Waals surface area (Å²) in [6.45, 7) is 8.33. The molecule has 0 aromatic heterocycles. The zero-order valence-corrected chi connectivity index (χ0v) is 11.5. The van der Waals surface area contributed by atoms with E-state index in [0.717, 1.165) is 6.42 Å². The first-order valence-corrected chi connectivity index (χ1v) is 7.39. The average molecular weight is 251 g/mol. The van der Waals surface area contributed by atoms with Gasteiger partial charge in [-0.25, -0.2) is 0 Å². The maximum absolute atomic E-state index is 12.2. The van der Waals surface area contributed by atoms with Crippen molar-refractivity contribution >= 4 is 10.2 Å². The van der Waals surface area contributed by atoms with Gasteiger partial charge in [0.2, 0.25) is 0 Å². The van der Waals surface area contributed by atoms with Crippen LogP contribution in [0.1, 0.15) is 33.6 Å². The maximum atomic E-state index is 12.2. The molecule has 0 unspecified atom stereocenters. The monoisotopic (exact) mass is 251 g/mol. The van der Waals surface area contributed by atoms with Gasteiger partial charge in [0.25, 0.3) is 10.2 Å². The zero-order valence-electron chi connectivity index (χ0n) is 10.6. The van der Waals surface area contributed by atoms with E-state index in [-0.39, 0.29) is 0 Å². The van der Waals surface area contributed by atoms with Gasteiger partial charge in [-0.15, -0.1) is 0 Å². The van der Waals surface area contributed by atoms with Crippen LogP contribution in [0.25, 0.3) is 0 Å². The SMILES string of the molecule is CCCN(CCCN)S(=O)(=O)N(CC)CC.